The molecule has 0 radical (unpaired) electrons. The summed E-state index contributed by atoms with van der Waals surface area (Å²) >= 11 is 1.31. The molecule has 0 aliphatic carbocycles. The fraction of sp³-hybridized carbons (Fsp3) is 0.125. The predicted octanol–water partition coefficient (Wildman–Crippen LogP) is 3.73. The molecule has 0 bridgehead atoms. The van der Waals surface area contributed by atoms with E-state index in [1.54, 1.807) is 24.5 Å². The average Bonchev–Trinajstić information content (AvgIpc) is 3.11. The highest BCUT2D eigenvalue weighted by atomic mass is 32.2. The highest BCUT2D eigenvalue weighted by molar-refractivity contribution is 8.18. The van der Waals surface area contributed by atoms with Gasteiger partial charge in [0.25, 0.3) is 5.91 Å². The SMILES string of the molecule is CCc1ccc(N=C2NC(=O)/C(=C\c3ccco3)S2)cc1. The van der Waals surface area contributed by atoms with E-state index >= 15 is 0 Å². The molecule has 1 aliphatic rings. The minimum absolute atomic E-state index is 0.152. The van der Waals surface area contributed by atoms with Crippen molar-refractivity contribution in [2.45, 2.75) is 13.3 Å². The third kappa shape index (κ3) is 3.25. The van der Waals surface area contributed by atoms with Crippen LogP contribution in [0.15, 0.2) is 57.0 Å². The Morgan fingerprint density at radius 3 is 2.76 bits per heavy atom. The predicted molar refractivity (Wildman–Crippen MR) is 85.3 cm³/mol. The number of nitrogens with zero attached hydrogens (tertiary/aromatic N) is 1. The molecule has 1 saturated heterocycles. The van der Waals surface area contributed by atoms with Gasteiger partial charge in [0.15, 0.2) is 5.17 Å². The quantitative estimate of drug-likeness (QED) is 0.878. The summed E-state index contributed by atoms with van der Waals surface area (Å²) in [6.45, 7) is 2.11. The molecule has 1 N–H and O–H groups in total. The van der Waals surface area contributed by atoms with E-state index in [1.807, 2.05) is 24.3 Å². The van der Waals surface area contributed by atoms with Gasteiger partial charge in [0, 0.05) is 6.08 Å². The van der Waals surface area contributed by atoms with Crippen LogP contribution in [0.25, 0.3) is 6.08 Å². The van der Waals surface area contributed by atoms with Crippen molar-refractivity contribution in [2.75, 3.05) is 0 Å². The van der Waals surface area contributed by atoms with Gasteiger partial charge in [-0.05, 0) is 48.0 Å². The van der Waals surface area contributed by atoms with Crippen molar-refractivity contribution >= 4 is 34.6 Å². The fourth-order valence-corrected chi connectivity index (χ4v) is 2.73. The molecule has 5 heteroatoms. The van der Waals surface area contributed by atoms with Gasteiger partial charge in [-0.15, -0.1) is 0 Å². The number of nitrogens with one attached hydrogen (secondary N) is 1. The summed E-state index contributed by atoms with van der Waals surface area (Å²) in [5.41, 5.74) is 2.09. The molecular formula is C16H14N2O2S. The molecule has 1 aromatic heterocycles. The Morgan fingerprint density at radius 2 is 2.10 bits per heavy atom. The molecule has 0 spiro atoms. The minimum Gasteiger partial charge on any atom is -0.465 e. The van der Waals surface area contributed by atoms with Crippen LogP contribution in [0.4, 0.5) is 5.69 Å². The number of furan rings is 1. The molecule has 0 saturated carbocycles. The van der Waals surface area contributed by atoms with Gasteiger partial charge < -0.3 is 9.73 Å². The largest absolute Gasteiger partial charge is 0.465 e. The lowest BCUT2D eigenvalue weighted by atomic mass is 10.2. The molecule has 106 valence electrons. The first-order chi connectivity index (χ1) is 10.2. The van der Waals surface area contributed by atoms with Crippen LogP contribution in [0.3, 0.4) is 0 Å². The Kier molecular flexibility index (Phi) is 3.92. The fourth-order valence-electron chi connectivity index (χ4n) is 1.91. The van der Waals surface area contributed by atoms with E-state index in [-0.39, 0.29) is 5.91 Å². The van der Waals surface area contributed by atoms with Gasteiger partial charge in [-0.25, -0.2) is 4.99 Å². The van der Waals surface area contributed by atoms with Crippen LogP contribution in [0.1, 0.15) is 18.2 Å². The number of amides is 1. The molecule has 1 fully saturated rings. The third-order valence-corrected chi connectivity index (χ3v) is 3.95. The van der Waals surface area contributed by atoms with Crippen molar-refractivity contribution in [3.63, 3.8) is 0 Å². The van der Waals surface area contributed by atoms with Crippen LogP contribution in [0.5, 0.6) is 0 Å². The minimum atomic E-state index is -0.152. The van der Waals surface area contributed by atoms with Gasteiger partial charge in [0.05, 0.1) is 16.9 Å². The van der Waals surface area contributed by atoms with Gasteiger partial charge in [-0.3, -0.25) is 4.79 Å². The number of amidine groups is 1. The molecule has 21 heavy (non-hydrogen) atoms. The number of aliphatic imine (C=N–C) groups is 1. The zero-order valence-electron chi connectivity index (χ0n) is 11.5. The number of aryl methyl sites for hydroxylation is 1. The smallest absolute Gasteiger partial charge is 0.264 e. The highest BCUT2D eigenvalue weighted by Crippen LogP contribution is 2.28. The van der Waals surface area contributed by atoms with Crippen molar-refractivity contribution in [1.82, 2.24) is 5.32 Å². The Morgan fingerprint density at radius 1 is 1.29 bits per heavy atom. The van der Waals surface area contributed by atoms with E-state index in [9.17, 15) is 4.79 Å². The monoisotopic (exact) mass is 298 g/mol. The molecule has 3 rings (SSSR count). The van der Waals surface area contributed by atoms with E-state index in [4.69, 9.17) is 4.42 Å². The molecule has 4 nitrogen and oxygen atoms in total. The van der Waals surface area contributed by atoms with Crippen molar-refractivity contribution in [1.29, 1.82) is 0 Å². The normalized spacial score (nSPS) is 18.4. The summed E-state index contributed by atoms with van der Waals surface area (Å²) in [4.78, 5) is 16.9. The average molecular weight is 298 g/mol. The maximum Gasteiger partial charge on any atom is 0.264 e. The summed E-state index contributed by atoms with van der Waals surface area (Å²) in [7, 11) is 0. The number of carbonyl (C=O) groups is 1. The lowest BCUT2D eigenvalue weighted by molar-refractivity contribution is -0.115. The van der Waals surface area contributed by atoms with Crippen LogP contribution in [-0.4, -0.2) is 11.1 Å². The first kappa shape index (κ1) is 13.7. The van der Waals surface area contributed by atoms with E-state index in [2.05, 4.69) is 17.2 Å². The lowest BCUT2D eigenvalue weighted by Crippen LogP contribution is -2.19. The molecule has 0 atom stereocenters. The number of hydrogen-bond acceptors (Lipinski definition) is 4. The van der Waals surface area contributed by atoms with Crippen molar-refractivity contribution in [3.05, 3.63) is 58.9 Å². The first-order valence-corrected chi connectivity index (χ1v) is 7.48. The maximum atomic E-state index is 11.9. The van der Waals surface area contributed by atoms with Crippen molar-refractivity contribution in [3.8, 4) is 0 Å². The number of rotatable bonds is 3. The van der Waals surface area contributed by atoms with Crippen LogP contribution < -0.4 is 5.32 Å². The van der Waals surface area contributed by atoms with Crippen LogP contribution in [0.2, 0.25) is 0 Å². The van der Waals surface area contributed by atoms with Crippen molar-refractivity contribution in [2.24, 2.45) is 4.99 Å². The summed E-state index contributed by atoms with van der Waals surface area (Å²) < 4.78 is 5.21. The zero-order valence-corrected chi connectivity index (χ0v) is 12.3. The van der Waals surface area contributed by atoms with Gasteiger partial charge in [-0.2, -0.15) is 0 Å². The molecule has 2 aromatic rings. The molecule has 0 unspecified atom stereocenters. The highest BCUT2D eigenvalue weighted by Gasteiger charge is 2.24. The summed E-state index contributed by atoms with van der Waals surface area (Å²) in [5, 5.41) is 3.34. The second-order valence-electron chi connectivity index (χ2n) is 4.52. The second kappa shape index (κ2) is 6.01. The van der Waals surface area contributed by atoms with Crippen LogP contribution >= 0.6 is 11.8 Å². The summed E-state index contributed by atoms with van der Waals surface area (Å²) in [6, 6.07) is 11.6. The maximum absolute atomic E-state index is 11.9. The van der Waals surface area contributed by atoms with Gasteiger partial charge in [-0.1, -0.05) is 19.1 Å². The number of thioether (sulfide) groups is 1. The second-order valence-corrected chi connectivity index (χ2v) is 5.55. The van der Waals surface area contributed by atoms with Crippen molar-refractivity contribution < 1.29 is 9.21 Å². The molecular weight excluding hydrogens is 284 g/mol. The number of hydrogen-bond donors (Lipinski definition) is 1. The molecule has 2 heterocycles. The number of carbonyl (C=O) groups excluding carboxylic acids is 1. The molecule has 1 aromatic carbocycles. The summed E-state index contributed by atoms with van der Waals surface area (Å²) in [5.74, 6) is 0.501. The number of benzene rings is 1. The zero-order chi connectivity index (χ0) is 14.7. The first-order valence-electron chi connectivity index (χ1n) is 6.66. The topological polar surface area (TPSA) is 54.6 Å². The van der Waals surface area contributed by atoms with E-state index in [0.29, 0.717) is 15.8 Å². The van der Waals surface area contributed by atoms with Gasteiger partial charge in [0.1, 0.15) is 5.76 Å². The van der Waals surface area contributed by atoms with Crippen LogP contribution in [0, 0.1) is 0 Å². The van der Waals surface area contributed by atoms with Crippen LogP contribution in [-0.2, 0) is 11.2 Å². The van der Waals surface area contributed by atoms with Gasteiger partial charge >= 0.3 is 0 Å². The summed E-state index contributed by atoms with van der Waals surface area (Å²) in [6.07, 6.45) is 4.29. The van der Waals surface area contributed by atoms with E-state index in [1.165, 1.54) is 17.3 Å². The van der Waals surface area contributed by atoms with Gasteiger partial charge in [0.2, 0.25) is 0 Å². The standard InChI is InChI=1S/C16H14N2O2S/c1-2-11-5-7-12(8-6-11)17-16-18-15(19)14(21-16)10-13-4-3-9-20-13/h3-10H,2H2,1H3,(H,17,18,19)/b14-10+. The lowest BCUT2D eigenvalue weighted by Gasteiger charge is -1.98. The Labute approximate surface area is 127 Å². The molecule has 1 aliphatic heterocycles. The Balaban J connectivity index is 1.78. The third-order valence-electron chi connectivity index (χ3n) is 3.04. The Hall–Kier alpha value is -2.27. The molecule has 1 amide bonds. The Bertz CT molecular complexity index is 700. The van der Waals surface area contributed by atoms with E-state index < -0.39 is 0 Å². The van der Waals surface area contributed by atoms with E-state index in [0.717, 1.165) is 12.1 Å².